The van der Waals surface area contributed by atoms with Crippen LogP contribution in [0.3, 0.4) is 0 Å². The number of phenols is 2. The number of isocyanates is 1. The number of phenolic OH excluding ortho intramolecular Hbond substituents is 2. The topological polar surface area (TPSA) is 69.9 Å². The fourth-order valence-electron chi connectivity index (χ4n) is 0.969. The van der Waals surface area contributed by atoms with Gasteiger partial charge in [0.15, 0.2) is 0 Å². The maximum absolute atomic E-state index is 9.81. The van der Waals surface area contributed by atoms with Gasteiger partial charge in [-0.05, 0) is 24.6 Å². The van der Waals surface area contributed by atoms with Gasteiger partial charge in [-0.25, -0.2) is 9.79 Å². The highest BCUT2D eigenvalue weighted by molar-refractivity contribution is 5.45. The maximum Gasteiger partial charge on any atom is 0.235 e. The lowest BCUT2D eigenvalue weighted by molar-refractivity contribution is 0.451. The second-order valence-corrected chi connectivity index (χ2v) is 2.67. The predicted octanol–water partition coefficient (Wildman–Crippen LogP) is 1.24. The van der Waals surface area contributed by atoms with E-state index in [1.807, 2.05) is 0 Å². The van der Waals surface area contributed by atoms with Crippen LogP contribution in [0.4, 0.5) is 0 Å². The molecule has 0 atom stereocenters. The minimum atomic E-state index is 0.0225. The molecule has 0 aliphatic carbocycles. The van der Waals surface area contributed by atoms with Crippen LogP contribution in [0.15, 0.2) is 17.1 Å². The summed E-state index contributed by atoms with van der Waals surface area (Å²) in [6.07, 6.45) is 1.36. The van der Waals surface area contributed by atoms with Gasteiger partial charge in [0.1, 0.15) is 11.5 Å². The Morgan fingerprint density at radius 3 is 2.69 bits per heavy atom. The summed E-state index contributed by atoms with van der Waals surface area (Å²) in [6.45, 7) is 1.70. The second kappa shape index (κ2) is 3.74. The minimum absolute atomic E-state index is 0.0225. The van der Waals surface area contributed by atoms with Crippen LogP contribution >= 0.6 is 0 Å². The van der Waals surface area contributed by atoms with Crippen LogP contribution in [0, 0.1) is 6.92 Å². The third-order valence-corrected chi connectivity index (χ3v) is 1.71. The Labute approximate surface area is 75.2 Å². The van der Waals surface area contributed by atoms with E-state index in [1.54, 1.807) is 6.92 Å². The number of carbonyl (C=O) groups excluding carboxylic acids is 1. The van der Waals surface area contributed by atoms with Crippen molar-refractivity contribution in [3.63, 3.8) is 0 Å². The average molecular weight is 179 g/mol. The van der Waals surface area contributed by atoms with Crippen LogP contribution < -0.4 is 0 Å². The van der Waals surface area contributed by atoms with E-state index in [0.717, 1.165) is 0 Å². The molecule has 13 heavy (non-hydrogen) atoms. The molecule has 1 rings (SSSR count). The van der Waals surface area contributed by atoms with Crippen molar-refractivity contribution in [1.82, 2.24) is 0 Å². The summed E-state index contributed by atoms with van der Waals surface area (Å²) >= 11 is 0. The summed E-state index contributed by atoms with van der Waals surface area (Å²) in [4.78, 5) is 13.1. The van der Waals surface area contributed by atoms with Gasteiger partial charge in [0, 0.05) is 5.56 Å². The normalized spacial score (nSPS) is 9.31. The second-order valence-electron chi connectivity index (χ2n) is 2.67. The Hall–Kier alpha value is -1.80. The van der Waals surface area contributed by atoms with Crippen molar-refractivity contribution in [2.75, 3.05) is 0 Å². The largest absolute Gasteiger partial charge is 0.508 e. The van der Waals surface area contributed by atoms with Crippen molar-refractivity contribution in [1.29, 1.82) is 0 Å². The molecular weight excluding hydrogens is 170 g/mol. The lowest BCUT2D eigenvalue weighted by Gasteiger charge is -2.03. The molecule has 0 heterocycles. The molecule has 2 N–H and O–H groups in total. The number of aryl methyl sites for hydroxylation is 1. The molecule has 0 bridgehead atoms. The van der Waals surface area contributed by atoms with Crippen molar-refractivity contribution in [2.45, 2.75) is 13.5 Å². The van der Waals surface area contributed by atoms with Crippen LogP contribution in [0.2, 0.25) is 0 Å². The number of nitrogens with zero attached hydrogens (tertiary/aromatic N) is 1. The van der Waals surface area contributed by atoms with E-state index in [0.29, 0.717) is 11.1 Å². The Kier molecular flexibility index (Phi) is 2.67. The lowest BCUT2D eigenvalue weighted by atomic mass is 10.1. The van der Waals surface area contributed by atoms with Crippen molar-refractivity contribution in [3.05, 3.63) is 23.3 Å². The van der Waals surface area contributed by atoms with E-state index in [-0.39, 0.29) is 18.0 Å². The van der Waals surface area contributed by atoms with Crippen LogP contribution in [-0.4, -0.2) is 16.3 Å². The zero-order valence-electron chi connectivity index (χ0n) is 7.11. The van der Waals surface area contributed by atoms with Crippen LogP contribution in [0.5, 0.6) is 11.5 Å². The first-order valence-corrected chi connectivity index (χ1v) is 3.70. The SMILES string of the molecule is Cc1cc(O)c(CN=C=O)cc1O. The molecule has 0 amide bonds. The smallest absolute Gasteiger partial charge is 0.235 e. The number of aromatic hydroxyl groups is 2. The standard InChI is InChI=1S/C9H9NO3/c1-6-2-9(13)7(3-8(6)12)4-10-5-11/h2-3,12-13H,4H2,1H3. The van der Waals surface area contributed by atoms with Crippen LogP contribution in [0.25, 0.3) is 0 Å². The predicted molar refractivity (Wildman–Crippen MR) is 46.3 cm³/mol. The molecule has 0 unspecified atom stereocenters. The lowest BCUT2D eigenvalue weighted by Crippen LogP contribution is -1.84. The van der Waals surface area contributed by atoms with Gasteiger partial charge < -0.3 is 10.2 Å². The van der Waals surface area contributed by atoms with Crippen molar-refractivity contribution in [3.8, 4) is 11.5 Å². The average Bonchev–Trinajstić information content (AvgIpc) is 2.09. The van der Waals surface area contributed by atoms with Gasteiger partial charge in [0.25, 0.3) is 0 Å². The Morgan fingerprint density at radius 1 is 1.38 bits per heavy atom. The molecule has 1 aromatic carbocycles. The molecule has 0 saturated carbocycles. The zero-order valence-corrected chi connectivity index (χ0v) is 7.11. The summed E-state index contributed by atoms with van der Waals surface area (Å²) in [5.41, 5.74) is 0.989. The molecule has 1 aromatic rings. The monoisotopic (exact) mass is 179 g/mol. The van der Waals surface area contributed by atoms with Crippen LogP contribution in [0.1, 0.15) is 11.1 Å². The molecule has 0 saturated heterocycles. The van der Waals surface area contributed by atoms with Crippen molar-refractivity contribution < 1.29 is 15.0 Å². The molecular formula is C9H9NO3. The van der Waals surface area contributed by atoms with Gasteiger partial charge in [-0.1, -0.05) is 0 Å². The Bertz CT molecular complexity index is 367. The third kappa shape index (κ3) is 2.07. The van der Waals surface area contributed by atoms with E-state index >= 15 is 0 Å². The first-order valence-electron chi connectivity index (χ1n) is 3.70. The summed E-state index contributed by atoms with van der Waals surface area (Å²) in [7, 11) is 0. The molecule has 0 radical (unpaired) electrons. The van der Waals surface area contributed by atoms with Gasteiger partial charge in [-0.2, -0.15) is 0 Å². The molecule has 0 spiro atoms. The summed E-state index contributed by atoms with van der Waals surface area (Å²) in [5.74, 6) is 0.100. The van der Waals surface area contributed by atoms with E-state index in [9.17, 15) is 15.0 Å². The van der Waals surface area contributed by atoms with Gasteiger partial charge in [-0.3, -0.25) is 0 Å². The highest BCUT2D eigenvalue weighted by Crippen LogP contribution is 2.26. The highest BCUT2D eigenvalue weighted by Gasteiger charge is 2.04. The zero-order chi connectivity index (χ0) is 9.84. The third-order valence-electron chi connectivity index (χ3n) is 1.71. The van der Waals surface area contributed by atoms with Gasteiger partial charge in [0.2, 0.25) is 6.08 Å². The van der Waals surface area contributed by atoms with E-state index in [4.69, 9.17) is 0 Å². The fourth-order valence-corrected chi connectivity index (χ4v) is 0.969. The quantitative estimate of drug-likeness (QED) is 0.407. The van der Waals surface area contributed by atoms with Gasteiger partial charge >= 0.3 is 0 Å². The summed E-state index contributed by atoms with van der Waals surface area (Å²) in [5, 5.41) is 18.6. The first kappa shape index (κ1) is 9.29. The number of hydrogen-bond donors (Lipinski definition) is 2. The van der Waals surface area contributed by atoms with E-state index in [2.05, 4.69) is 4.99 Å². The molecule has 68 valence electrons. The number of aliphatic imine (C=N–C) groups is 1. The fraction of sp³-hybridized carbons (Fsp3) is 0.222. The molecule has 0 aliphatic rings. The van der Waals surface area contributed by atoms with Crippen LogP contribution in [-0.2, 0) is 11.3 Å². The van der Waals surface area contributed by atoms with E-state index in [1.165, 1.54) is 18.2 Å². The number of hydrogen-bond acceptors (Lipinski definition) is 4. The summed E-state index contributed by atoms with van der Waals surface area (Å²) < 4.78 is 0. The molecule has 0 aliphatic heterocycles. The maximum atomic E-state index is 9.81. The first-order chi connectivity index (χ1) is 6.15. The van der Waals surface area contributed by atoms with Gasteiger partial charge in [0.05, 0.1) is 6.54 Å². The minimum Gasteiger partial charge on any atom is -0.508 e. The summed E-state index contributed by atoms with van der Waals surface area (Å²) in [6, 6.07) is 2.80. The van der Waals surface area contributed by atoms with Gasteiger partial charge in [-0.15, -0.1) is 0 Å². The number of benzene rings is 1. The molecule has 0 aromatic heterocycles. The Morgan fingerprint density at radius 2 is 2.08 bits per heavy atom. The molecule has 0 fully saturated rings. The van der Waals surface area contributed by atoms with Crippen molar-refractivity contribution in [2.24, 2.45) is 4.99 Å². The molecule has 4 nitrogen and oxygen atoms in total. The Balaban J connectivity index is 3.07. The highest BCUT2D eigenvalue weighted by atomic mass is 16.3. The number of rotatable bonds is 2. The van der Waals surface area contributed by atoms with Crippen molar-refractivity contribution >= 4 is 6.08 Å². The van der Waals surface area contributed by atoms with E-state index < -0.39 is 0 Å². The molecule has 4 heteroatoms.